The van der Waals surface area contributed by atoms with Crippen LogP contribution in [0, 0.1) is 0 Å². The number of carbonyl (C=O) groups excluding carboxylic acids is 2. The van der Waals surface area contributed by atoms with Crippen molar-refractivity contribution < 1.29 is 37.0 Å². The van der Waals surface area contributed by atoms with Crippen LogP contribution in [-0.2, 0) is 16.0 Å². The Morgan fingerprint density at radius 2 is 1.49 bits per heavy atom. The molecule has 0 saturated heterocycles. The van der Waals surface area contributed by atoms with Crippen LogP contribution in [-0.4, -0.2) is 29.3 Å². The van der Waals surface area contributed by atoms with E-state index in [0.717, 1.165) is 4.88 Å². The average molecular weight is 603 g/mol. The minimum Gasteiger partial charge on any atom is -0.475 e. The molecule has 0 radical (unpaired) electrons. The summed E-state index contributed by atoms with van der Waals surface area (Å²) in [6.45, 7) is 8.40. The normalized spacial score (nSPS) is 12.3. The van der Waals surface area contributed by atoms with E-state index in [1.54, 1.807) is 58.9 Å². The van der Waals surface area contributed by atoms with Crippen LogP contribution in [0.25, 0.3) is 10.4 Å². The molecule has 3 aromatic rings. The summed E-state index contributed by atoms with van der Waals surface area (Å²) >= 11 is 14.1. The third kappa shape index (κ3) is 8.62. The van der Waals surface area contributed by atoms with Crippen molar-refractivity contribution >= 4 is 46.3 Å². The number of hydrogen-bond acceptors (Lipinski definition) is 6. The maximum Gasteiger partial charge on any atom is 0.573 e. The summed E-state index contributed by atoms with van der Waals surface area (Å²) in [5.74, 6) is -0.791. The lowest BCUT2D eigenvalue weighted by atomic mass is 10.1. The number of thiophene rings is 1. The molecule has 0 saturated carbocycles. The molecule has 0 aliphatic heterocycles. The first-order chi connectivity index (χ1) is 17.9. The summed E-state index contributed by atoms with van der Waals surface area (Å²) in [6, 6.07) is 12.1. The van der Waals surface area contributed by atoms with Gasteiger partial charge in [0.15, 0.2) is 11.4 Å². The average Bonchev–Trinajstić information content (AvgIpc) is 3.30. The number of halogens is 5. The molecular weight excluding hydrogens is 576 g/mol. The molecule has 0 aliphatic carbocycles. The Morgan fingerprint density at radius 3 is 2.08 bits per heavy atom. The second-order valence-electron chi connectivity index (χ2n) is 10.1. The van der Waals surface area contributed by atoms with Gasteiger partial charge in [0.05, 0.1) is 9.90 Å². The number of ether oxygens (including phenoxy) is 3. The van der Waals surface area contributed by atoms with Gasteiger partial charge in [-0.2, -0.15) is 0 Å². The highest BCUT2D eigenvalue weighted by Gasteiger charge is 2.35. The van der Waals surface area contributed by atoms with E-state index in [-0.39, 0.29) is 33.7 Å². The number of rotatable bonds is 9. The van der Waals surface area contributed by atoms with Crippen molar-refractivity contribution in [2.24, 2.45) is 0 Å². The van der Waals surface area contributed by atoms with Crippen molar-refractivity contribution in [1.29, 1.82) is 0 Å². The zero-order valence-corrected chi connectivity index (χ0v) is 24.2. The summed E-state index contributed by atoms with van der Waals surface area (Å²) in [5, 5.41) is 0.338. The topological polar surface area (TPSA) is 61.8 Å². The SMILES string of the molecule is CC(C)(C)OC(=O)C(C)(C)Oc1ccc(CCC(=O)c2ccc(-c3ccc(OC(F)(F)F)cc3)s2)c(Cl)c1Cl. The number of ketones is 1. The van der Waals surface area contributed by atoms with E-state index in [9.17, 15) is 22.8 Å². The number of carbonyl (C=O) groups is 2. The highest BCUT2D eigenvalue weighted by molar-refractivity contribution is 7.17. The van der Waals surface area contributed by atoms with Crippen LogP contribution in [0.1, 0.15) is 56.3 Å². The molecule has 1 aromatic heterocycles. The fourth-order valence-electron chi connectivity index (χ4n) is 3.40. The fourth-order valence-corrected chi connectivity index (χ4v) is 4.85. The van der Waals surface area contributed by atoms with E-state index in [2.05, 4.69) is 4.74 Å². The predicted octanol–water partition coefficient (Wildman–Crippen LogP) is 8.94. The monoisotopic (exact) mass is 602 g/mol. The first-order valence-electron chi connectivity index (χ1n) is 11.8. The largest absolute Gasteiger partial charge is 0.573 e. The molecular formula is C28H27Cl2F3O5S. The molecule has 5 nitrogen and oxygen atoms in total. The van der Waals surface area contributed by atoms with Crippen LogP contribution in [0.2, 0.25) is 10.0 Å². The smallest absolute Gasteiger partial charge is 0.475 e. The fraction of sp³-hybridized carbons (Fsp3) is 0.357. The van der Waals surface area contributed by atoms with E-state index < -0.39 is 23.5 Å². The number of alkyl halides is 3. The second kappa shape index (κ2) is 11.8. The van der Waals surface area contributed by atoms with Crippen LogP contribution in [0.4, 0.5) is 13.2 Å². The third-order valence-electron chi connectivity index (χ3n) is 5.26. The Morgan fingerprint density at radius 1 is 0.846 bits per heavy atom. The van der Waals surface area contributed by atoms with Gasteiger partial charge in [0.25, 0.3) is 0 Å². The Balaban J connectivity index is 1.64. The van der Waals surface area contributed by atoms with Gasteiger partial charge in [-0.3, -0.25) is 4.79 Å². The molecule has 0 aliphatic rings. The maximum atomic E-state index is 12.8. The summed E-state index contributed by atoms with van der Waals surface area (Å²) < 4.78 is 52.2. The lowest BCUT2D eigenvalue weighted by Gasteiger charge is -2.29. The van der Waals surface area contributed by atoms with Crippen LogP contribution >= 0.6 is 34.5 Å². The van der Waals surface area contributed by atoms with Crippen molar-refractivity contribution in [1.82, 2.24) is 0 Å². The molecule has 0 fully saturated rings. The first kappa shape index (κ1) is 30.8. The quantitative estimate of drug-likeness (QED) is 0.181. The van der Waals surface area contributed by atoms with Crippen molar-refractivity contribution in [3.05, 3.63) is 69.0 Å². The molecule has 0 amide bonds. The number of hydrogen-bond donors (Lipinski definition) is 0. The number of Topliss-reactive ketones (excluding diaryl/α,β-unsaturated/α-hetero) is 1. The zero-order valence-electron chi connectivity index (χ0n) is 21.9. The van der Waals surface area contributed by atoms with Gasteiger partial charge in [-0.15, -0.1) is 24.5 Å². The highest BCUT2D eigenvalue weighted by Crippen LogP contribution is 2.38. The Hall–Kier alpha value is -2.75. The van der Waals surface area contributed by atoms with Gasteiger partial charge in [-0.05, 0) is 94.6 Å². The molecule has 0 bridgehead atoms. The highest BCUT2D eigenvalue weighted by atomic mass is 35.5. The van der Waals surface area contributed by atoms with Crippen molar-refractivity contribution in [2.75, 3.05) is 0 Å². The van der Waals surface area contributed by atoms with E-state index >= 15 is 0 Å². The molecule has 0 unspecified atom stereocenters. The lowest BCUT2D eigenvalue weighted by molar-refractivity contribution is -0.274. The second-order valence-corrected chi connectivity index (χ2v) is 12.0. The predicted molar refractivity (Wildman–Crippen MR) is 146 cm³/mol. The molecule has 0 N–H and O–H groups in total. The standard InChI is InChI=1S/C28H27Cl2F3O5S/c1-26(2,3)38-25(35)27(4,5)37-20-13-9-17(23(29)24(20)30)8-12-19(34)22-15-14-21(39-22)16-6-10-18(11-7-16)36-28(31,32)33/h6-7,9-11,13-15H,8,12H2,1-5H3. The minimum absolute atomic E-state index is 0.120. The number of benzene rings is 2. The van der Waals surface area contributed by atoms with E-state index in [4.69, 9.17) is 32.7 Å². The van der Waals surface area contributed by atoms with E-state index in [0.29, 0.717) is 22.4 Å². The Labute approximate surface area is 238 Å². The van der Waals surface area contributed by atoms with Crippen LogP contribution < -0.4 is 9.47 Å². The molecule has 39 heavy (non-hydrogen) atoms. The van der Waals surface area contributed by atoms with E-state index in [1.807, 2.05) is 0 Å². The molecule has 3 rings (SSSR count). The zero-order chi connectivity index (χ0) is 29.2. The first-order valence-corrected chi connectivity index (χ1v) is 13.4. The van der Waals surface area contributed by atoms with Gasteiger partial charge in [-0.25, -0.2) is 4.79 Å². The molecule has 11 heteroatoms. The summed E-state index contributed by atoms with van der Waals surface area (Å²) in [7, 11) is 0. The van der Waals surface area contributed by atoms with E-state index in [1.165, 1.54) is 35.6 Å². The van der Waals surface area contributed by atoms with Gasteiger partial charge >= 0.3 is 12.3 Å². The van der Waals surface area contributed by atoms with Crippen LogP contribution in [0.3, 0.4) is 0 Å². The lowest BCUT2D eigenvalue weighted by Crippen LogP contribution is -2.43. The van der Waals surface area contributed by atoms with Crippen LogP contribution in [0.5, 0.6) is 11.5 Å². The molecule has 210 valence electrons. The van der Waals surface area contributed by atoms with Gasteiger partial charge in [0.1, 0.15) is 22.1 Å². The Bertz CT molecular complexity index is 1340. The van der Waals surface area contributed by atoms with Gasteiger partial charge < -0.3 is 14.2 Å². The van der Waals surface area contributed by atoms with Gasteiger partial charge in [-0.1, -0.05) is 29.3 Å². The number of aryl methyl sites for hydroxylation is 1. The van der Waals surface area contributed by atoms with Crippen molar-refractivity contribution in [3.8, 4) is 21.9 Å². The van der Waals surface area contributed by atoms with Crippen molar-refractivity contribution in [3.63, 3.8) is 0 Å². The molecule has 1 heterocycles. The summed E-state index contributed by atoms with van der Waals surface area (Å²) in [4.78, 5) is 26.6. The summed E-state index contributed by atoms with van der Waals surface area (Å²) in [6.07, 6.45) is -4.30. The Kier molecular flexibility index (Phi) is 9.30. The van der Waals surface area contributed by atoms with Gasteiger partial charge in [0, 0.05) is 11.3 Å². The minimum atomic E-state index is -4.76. The molecule has 0 atom stereocenters. The third-order valence-corrected chi connectivity index (χ3v) is 7.34. The van der Waals surface area contributed by atoms with Crippen molar-refractivity contribution in [2.45, 2.75) is 65.0 Å². The van der Waals surface area contributed by atoms with Gasteiger partial charge in [0.2, 0.25) is 0 Å². The molecule has 2 aromatic carbocycles. The van der Waals surface area contributed by atoms with Crippen LogP contribution in [0.15, 0.2) is 48.5 Å². The summed E-state index contributed by atoms with van der Waals surface area (Å²) in [5.41, 5.74) is -0.710. The number of esters is 1. The molecule has 0 spiro atoms. The maximum absolute atomic E-state index is 12.8.